The van der Waals surface area contributed by atoms with E-state index in [2.05, 4.69) is 24.5 Å². The fourth-order valence-electron chi connectivity index (χ4n) is 2.83. The lowest BCUT2D eigenvalue weighted by Crippen LogP contribution is -2.32. The van der Waals surface area contributed by atoms with E-state index in [9.17, 15) is 0 Å². The van der Waals surface area contributed by atoms with Gasteiger partial charge in [0.15, 0.2) is 0 Å². The molecule has 2 aliphatic rings. The molecule has 1 saturated heterocycles. The summed E-state index contributed by atoms with van der Waals surface area (Å²) in [6.45, 7) is 8.47. The SMILES string of the molecule is CC1(C)CCC(NCC2CCNC2)C1. The van der Waals surface area contributed by atoms with E-state index in [4.69, 9.17) is 0 Å². The monoisotopic (exact) mass is 196 g/mol. The molecule has 1 saturated carbocycles. The molecular formula is C12H24N2. The van der Waals surface area contributed by atoms with Crippen molar-refractivity contribution in [3.63, 3.8) is 0 Å². The maximum absolute atomic E-state index is 3.74. The lowest BCUT2D eigenvalue weighted by Gasteiger charge is -2.19. The van der Waals surface area contributed by atoms with Gasteiger partial charge in [-0.2, -0.15) is 0 Å². The Kier molecular flexibility index (Phi) is 3.13. The van der Waals surface area contributed by atoms with Crippen molar-refractivity contribution >= 4 is 0 Å². The highest BCUT2D eigenvalue weighted by Crippen LogP contribution is 2.36. The fourth-order valence-corrected chi connectivity index (χ4v) is 2.83. The summed E-state index contributed by atoms with van der Waals surface area (Å²) < 4.78 is 0. The van der Waals surface area contributed by atoms with E-state index in [1.54, 1.807) is 0 Å². The second kappa shape index (κ2) is 4.19. The van der Waals surface area contributed by atoms with Gasteiger partial charge in [0.1, 0.15) is 0 Å². The first kappa shape index (κ1) is 10.4. The molecule has 14 heavy (non-hydrogen) atoms. The van der Waals surface area contributed by atoms with Gasteiger partial charge in [0.2, 0.25) is 0 Å². The molecule has 2 nitrogen and oxygen atoms in total. The molecule has 0 spiro atoms. The van der Waals surface area contributed by atoms with Crippen molar-refractivity contribution in [1.82, 2.24) is 10.6 Å². The maximum Gasteiger partial charge on any atom is 0.00724 e. The molecule has 0 amide bonds. The summed E-state index contributed by atoms with van der Waals surface area (Å²) in [7, 11) is 0. The third-order valence-corrected chi connectivity index (χ3v) is 3.83. The van der Waals surface area contributed by atoms with E-state index in [1.165, 1.54) is 45.3 Å². The number of rotatable bonds is 3. The van der Waals surface area contributed by atoms with Crippen molar-refractivity contribution in [3.8, 4) is 0 Å². The van der Waals surface area contributed by atoms with Gasteiger partial charge in [-0.05, 0) is 56.7 Å². The standard InChI is InChI=1S/C12H24N2/c1-12(2)5-3-11(7-12)14-9-10-4-6-13-8-10/h10-11,13-14H,3-9H2,1-2H3. The molecule has 2 N–H and O–H groups in total. The Hall–Kier alpha value is -0.0800. The predicted octanol–water partition coefficient (Wildman–Crippen LogP) is 1.76. The average Bonchev–Trinajstić information content (AvgIpc) is 2.70. The smallest absolute Gasteiger partial charge is 0.00724 e. The lowest BCUT2D eigenvalue weighted by atomic mass is 9.92. The largest absolute Gasteiger partial charge is 0.316 e. The molecule has 0 aromatic rings. The zero-order chi connectivity index (χ0) is 10.0. The van der Waals surface area contributed by atoms with E-state index in [-0.39, 0.29) is 0 Å². The van der Waals surface area contributed by atoms with E-state index in [0.717, 1.165) is 12.0 Å². The number of hydrogen-bond acceptors (Lipinski definition) is 2. The van der Waals surface area contributed by atoms with Crippen LogP contribution in [-0.2, 0) is 0 Å². The van der Waals surface area contributed by atoms with Crippen LogP contribution in [0, 0.1) is 11.3 Å². The van der Waals surface area contributed by atoms with Crippen molar-refractivity contribution in [3.05, 3.63) is 0 Å². The van der Waals surface area contributed by atoms with Crippen LogP contribution in [0.1, 0.15) is 39.5 Å². The number of hydrogen-bond donors (Lipinski definition) is 2. The summed E-state index contributed by atoms with van der Waals surface area (Å²) in [5.41, 5.74) is 0.589. The van der Waals surface area contributed by atoms with Crippen molar-refractivity contribution in [2.24, 2.45) is 11.3 Å². The normalized spacial score (nSPS) is 36.4. The van der Waals surface area contributed by atoms with Crippen LogP contribution in [0.3, 0.4) is 0 Å². The summed E-state index contributed by atoms with van der Waals surface area (Å²) in [6, 6.07) is 0.797. The quantitative estimate of drug-likeness (QED) is 0.719. The average molecular weight is 196 g/mol. The summed E-state index contributed by atoms with van der Waals surface area (Å²) in [6.07, 6.45) is 5.51. The molecule has 2 unspecified atom stereocenters. The van der Waals surface area contributed by atoms with Crippen molar-refractivity contribution in [1.29, 1.82) is 0 Å². The second-order valence-corrected chi connectivity index (χ2v) is 5.87. The van der Waals surface area contributed by atoms with Crippen LogP contribution < -0.4 is 10.6 Å². The molecule has 0 bridgehead atoms. The molecule has 2 rings (SSSR count). The number of nitrogens with one attached hydrogen (secondary N) is 2. The van der Waals surface area contributed by atoms with Crippen LogP contribution in [0.4, 0.5) is 0 Å². The van der Waals surface area contributed by atoms with Crippen LogP contribution >= 0.6 is 0 Å². The van der Waals surface area contributed by atoms with Gasteiger partial charge in [-0.3, -0.25) is 0 Å². The molecule has 2 fully saturated rings. The Labute approximate surface area is 87.8 Å². The Morgan fingerprint density at radius 2 is 2.21 bits per heavy atom. The summed E-state index contributed by atoms with van der Waals surface area (Å²) >= 11 is 0. The Morgan fingerprint density at radius 1 is 1.36 bits per heavy atom. The highest BCUT2D eigenvalue weighted by atomic mass is 15.0. The molecular weight excluding hydrogens is 172 g/mol. The van der Waals surface area contributed by atoms with Crippen molar-refractivity contribution in [2.75, 3.05) is 19.6 Å². The summed E-state index contributed by atoms with van der Waals surface area (Å²) in [5.74, 6) is 0.888. The predicted molar refractivity (Wildman–Crippen MR) is 60.4 cm³/mol. The highest BCUT2D eigenvalue weighted by molar-refractivity contribution is 4.87. The van der Waals surface area contributed by atoms with Gasteiger partial charge in [-0.1, -0.05) is 13.8 Å². The van der Waals surface area contributed by atoms with E-state index in [0.29, 0.717) is 5.41 Å². The molecule has 0 radical (unpaired) electrons. The van der Waals surface area contributed by atoms with E-state index < -0.39 is 0 Å². The zero-order valence-corrected chi connectivity index (χ0v) is 9.60. The van der Waals surface area contributed by atoms with Crippen molar-refractivity contribution in [2.45, 2.75) is 45.6 Å². The van der Waals surface area contributed by atoms with Gasteiger partial charge in [0, 0.05) is 6.04 Å². The molecule has 2 atom stereocenters. The van der Waals surface area contributed by atoms with Crippen LogP contribution in [0.15, 0.2) is 0 Å². The van der Waals surface area contributed by atoms with Gasteiger partial charge in [-0.15, -0.1) is 0 Å². The van der Waals surface area contributed by atoms with Gasteiger partial charge in [0.25, 0.3) is 0 Å². The summed E-state index contributed by atoms with van der Waals surface area (Å²) in [4.78, 5) is 0. The van der Waals surface area contributed by atoms with Crippen LogP contribution in [0.25, 0.3) is 0 Å². The molecule has 1 aliphatic heterocycles. The topological polar surface area (TPSA) is 24.1 Å². The molecule has 0 aromatic carbocycles. The fraction of sp³-hybridized carbons (Fsp3) is 1.00. The molecule has 0 aromatic heterocycles. The minimum absolute atomic E-state index is 0.589. The van der Waals surface area contributed by atoms with E-state index in [1.807, 2.05) is 0 Å². The minimum atomic E-state index is 0.589. The second-order valence-electron chi connectivity index (χ2n) is 5.87. The Balaban J connectivity index is 1.66. The first-order chi connectivity index (χ1) is 6.66. The Morgan fingerprint density at radius 3 is 2.79 bits per heavy atom. The first-order valence-electron chi connectivity index (χ1n) is 6.10. The Bertz CT molecular complexity index is 183. The third kappa shape index (κ3) is 2.71. The lowest BCUT2D eigenvalue weighted by molar-refractivity contribution is 0.358. The minimum Gasteiger partial charge on any atom is -0.316 e. The molecule has 82 valence electrons. The van der Waals surface area contributed by atoms with E-state index >= 15 is 0 Å². The molecule has 1 aliphatic carbocycles. The van der Waals surface area contributed by atoms with Crippen LogP contribution in [0.5, 0.6) is 0 Å². The molecule has 2 heteroatoms. The van der Waals surface area contributed by atoms with Gasteiger partial charge >= 0.3 is 0 Å². The maximum atomic E-state index is 3.74. The van der Waals surface area contributed by atoms with Gasteiger partial charge < -0.3 is 10.6 Å². The van der Waals surface area contributed by atoms with Crippen molar-refractivity contribution < 1.29 is 0 Å². The first-order valence-corrected chi connectivity index (χ1v) is 6.10. The van der Waals surface area contributed by atoms with Gasteiger partial charge in [-0.25, -0.2) is 0 Å². The highest BCUT2D eigenvalue weighted by Gasteiger charge is 2.30. The van der Waals surface area contributed by atoms with Crippen LogP contribution in [0.2, 0.25) is 0 Å². The summed E-state index contributed by atoms with van der Waals surface area (Å²) in [5, 5.41) is 7.16. The zero-order valence-electron chi connectivity index (χ0n) is 9.60. The van der Waals surface area contributed by atoms with Crippen LogP contribution in [-0.4, -0.2) is 25.7 Å². The van der Waals surface area contributed by atoms with Gasteiger partial charge in [0.05, 0.1) is 0 Å². The molecule has 1 heterocycles. The third-order valence-electron chi connectivity index (χ3n) is 3.83.